The van der Waals surface area contributed by atoms with Gasteiger partial charge in [-0.05, 0) is 38.1 Å². The largest absolute Gasteiger partial charge is 0.339 e. The Bertz CT molecular complexity index is 604. The fraction of sp³-hybridized carbons (Fsp3) is 0.267. The van der Waals surface area contributed by atoms with Crippen molar-refractivity contribution in [2.75, 3.05) is 18.4 Å². The summed E-state index contributed by atoms with van der Waals surface area (Å²) in [5, 5.41) is 4.44. The molecule has 5 nitrogen and oxygen atoms in total. The third kappa shape index (κ3) is 3.66. The molecule has 1 aromatic heterocycles. The van der Waals surface area contributed by atoms with Gasteiger partial charge in [-0.2, -0.15) is 0 Å². The number of nitrogens with zero attached hydrogens (tertiary/aromatic N) is 2. The Balaban J connectivity index is 2.05. The smallest absolute Gasteiger partial charge is 0.275 e. The van der Waals surface area contributed by atoms with Crippen molar-refractivity contribution in [3.05, 3.63) is 46.4 Å². The number of anilines is 1. The summed E-state index contributed by atoms with van der Waals surface area (Å²) in [5.74, 6) is -0.253. The quantitative estimate of drug-likeness (QED) is 0.924. The number of nitrogens with one attached hydrogen (secondary N) is 1. The van der Waals surface area contributed by atoms with Crippen LogP contribution in [0.4, 0.5) is 5.69 Å². The van der Waals surface area contributed by atoms with Crippen molar-refractivity contribution < 1.29 is 9.59 Å². The summed E-state index contributed by atoms with van der Waals surface area (Å²) in [7, 11) is 0. The minimum atomic E-state index is -0.251. The van der Waals surface area contributed by atoms with Gasteiger partial charge in [0, 0.05) is 29.7 Å². The molecule has 2 amide bonds. The van der Waals surface area contributed by atoms with Gasteiger partial charge in [-0.1, -0.05) is 0 Å². The first-order valence-electron chi connectivity index (χ1n) is 6.74. The number of carbonyl (C=O) groups is 2. The molecule has 0 saturated heterocycles. The molecule has 2 rings (SSSR count). The molecule has 0 aliphatic carbocycles. The third-order valence-electron chi connectivity index (χ3n) is 3.11. The molecule has 1 N–H and O–H groups in total. The summed E-state index contributed by atoms with van der Waals surface area (Å²) in [4.78, 5) is 29.7. The zero-order chi connectivity index (χ0) is 15.2. The first kappa shape index (κ1) is 15.2. The molecular formula is C15H17N3O2S. The Morgan fingerprint density at radius 3 is 2.38 bits per heavy atom. The van der Waals surface area contributed by atoms with E-state index in [9.17, 15) is 9.59 Å². The summed E-state index contributed by atoms with van der Waals surface area (Å²) in [6, 6.07) is 6.89. The molecule has 1 heterocycles. The lowest BCUT2D eigenvalue weighted by molar-refractivity contribution is 0.0773. The van der Waals surface area contributed by atoms with E-state index in [0.29, 0.717) is 30.0 Å². The van der Waals surface area contributed by atoms with Crippen molar-refractivity contribution >= 4 is 28.8 Å². The minimum Gasteiger partial charge on any atom is -0.339 e. The van der Waals surface area contributed by atoms with Gasteiger partial charge in [-0.25, -0.2) is 4.98 Å². The van der Waals surface area contributed by atoms with Crippen LogP contribution in [-0.2, 0) is 0 Å². The van der Waals surface area contributed by atoms with Crippen molar-refractivity contribution in [2.24, 2.45) is 0 Å². The predicted octanol–water partition coefficient (Wildman–Crippen LogP) is 2.88. The molecule has 110 valence electrons. The van der Waals surface area contributed by atoms with Gasteiger partial charge in [0.15, 0.2) is 0 Å². The maximum Gasteiger partial charge on any atom is 0.275 e. The van der Waals surface area contributed by atoms with Gasteiger partial charge in [0.2, 0.25) is 0 Å². The van der Waals surface area contributed by atoms with Crippen LogP contribution in [0.2, 0.25) is 0 Å². The van der Waals surface area contributed by atoms with Gasteiger partial charge >= 0.3 is 0 Å². The fourth-order valence-corrected chi connectivity index (χ4v) is 2.44. The SMILES string of the molecule is CCN(CC)C(=O)c1ccc(NC(=O)c2cscn2)cc1. The molecule has 21 heavy (non-hydrogen) atoms. The van der Waals surface area contributed by atoms with Crippen LogP contribution in [-0.4, -0.2) is 34.8 Å². The molecule has 2 aromatic rings. The summed E-state index contributed by atoms with van der Waals surface area (Å²) >= 11 is 1.37. The van der Waals surface area contributed by atoms with Crippen LogP contribution in [0.15, 0.2) is 35.2 Å². The van der Waals surface area contributed by atoms with E-state index < -0.39 is 0 Å². The molecule has 0 aliphatic rings. The van der Waals surface area contributed by atoms with Gasteiger partial charge in [-0.3, -0.25) is 9.59 Å². The van der Waals surface area contributed by atoms with E-state index in [-0.39, 0.29) is 11.8 Å². The third-order valence-corrected chi connectivity index (χ3v) is 3.69. The molecule has 6 heteroatoms. The second-order valence-electron chi connectivity index (χ2n) is 4.38. The Kier molecular flexibility index (Phi) is 5.05. The van der Waals surface area contributed by atoms with Crippen molar-refractivity contribution in [1.29, 1.82) is 0 Å². The molecular weight excluding hydrogens is 286 g/mol. The Labute approximate surface area is 127 Å². The first-order chi connectivity index (χ1) is 10.2. The van der Waals surface area contributed by atoms with E-state index in [1.165, 1.54) is 11.3 Å². The Hall–Kier alpha value is -2.21. The van der Waals surface area contributed by atoms with Gasteiger partial charge in [-0.15, -0.1) is 11.3 Å². The van der Waals surface area contributed by atoms with E-state index in [2.05, 4.69) is 10.3 Å². The number of rotatable bonds is 5. The lowest BCUT2D eigenvalue weighted by atomic mass is 10.1. The highest BCUT2D eigenvalue weighted by molar-refractivity contribution is 7.07. The summed E-state index contributed by atoms with van der Waals surface area (Å²) in [5.41, 5.74) is 3.26. The summed E-state index contributed by atoms with van der Waals surface area (Å²) in [6.07, 6.45) is 0. The van der Waals surface area contributed by atoms with Crippen LogP contribution in [0, 0.1) is 0 Å². The maximum atomic E-state index is 12.2. The molecule has 0 spiro atoms. The monoisotopic (exact) mass is 303 g/mol. The fourth-order valence-electron chi connectivity index (χ4n) is 1.91. The van der Waals surface area contributed by atoms with Gasteiger partial charge in [0.05, 0.1) is 5.51 Å². The van der Waals surface area contributed by atoms with Gasteiger partial charge in [0.25, 0.3) is 11.8 Å². The number of benzene rings is 1. The van der Waals surface area contributed by atoms with Crippen molar-refractivity contribution in [3.8, 4) is 0 Å². The standard InChI is InChI=1S/C15H17N3O2S/c1-3-18(4-2)15(20)11-5-7-12(8-6-11)17-14(19)13-9-21-10-16-13/h5-10H,3-4H2,1-2H3,(H,17,19). The molecule has 0 aliphatic heterocycles. The van der Waals surface area contributed by atoms with E-state index in [0.717, 1.165) is 0 Å². The second kappa shape index (κ2) is 6.99. The van der Waals surface area contributed by atoms with Crippen molar-refractivity contribution in [2.45, 2.75) is 13.8 Å². The topological polar surface area (TPSA) is 62.3 Å². The molecule has 1 aromatic carbocycles. The van der Waals surface area contributed by atoms with E-state index >= 15 is 0 Å². The average Bonchev–Trinajstić information content (AvgIpc) is 3.03. The van der Waals surface area contributed by atoms with Crippen LogP contribution >= 0.6 is 11.3 Å². The molecule has 0 fully saturated rings. The number of hydrogen-bond donors (Lipinski definition) is 1. The van der Waals surface area contributed by atoms with Gasteiger partial charge in [0.1, 0.15) is 5.69 Å². The summed E-state index contributed by atoms with van der Waals surface area (Å²) in [6.45, 7) is 5.25. The van der Waals surface area contributed by atoms with Crippen LogP contribution < -0.4 is 5.32 Å². The summed E-state index contributed by atoms with van der Waals surface area (Å²) < 4.78 is 0. The van der Waals surface area contributed by atoms with E-state index in [1.807, 2.05) is 13.8 Å². The normalized spacial score (nSPS) is 10.2. The van der Waals surface area contributed by atoms with Crippen LogP contribution in [0.25, 0.3) is 0 Å². The predicted molar refractivity (Wildman–Crippen MR) is 83.8 cm³/mol. The highest BCUT2D eigenvalue weighted by atomic mass is 32.1. The van der Waals surface area contributed by atoms with E-state index in [1.54, 1.807) is 40.1 Å². The Morgan fingerprint density at radius 2 is 1.86 bits per heavy atom. The number of aromatic nitrogens is 1. The number of carbonyl (C=O) groups excluding carboxylic acids is 2. The highest BCUT2D eigenvalue weighted by Crippen LogP contribution is 2.13. The number of thiazole rings is 1. The molecule has 0 unspecified atom stereocenters. The molecule has 0 radical (unpaired) electrons. The average molecular weight is 303 g/mol. The molecule has 0 atom stereocenters. The van der Waals surface area contributed by atoms with Crippen molar-refractivity contribution in [1.82, 2.24) is 9.88 Å². The maximum absolute atomic E-state index is 12.2. The van der Waals surface area contributed by atoms with E-state index in [4.69, 9.17) is 0 Å². The number of hydrogen-bond acceptors (Lipinski definition) is 4. The zero-order valence-electron chi connectivity index (χ0n) is 12.0. The van der Waals surface area contributed by atoms with Gasteiger partial charge < -0.3 is 10.2 Å². The number of amides is 2. The molecule has 0 saturated carbocycles. The first-order valence-corrected chi connectivity index (χ1v) is 7.68. The minimum absolute atomic E-state index is 0.00243. The zero-order valence-corrected chi connectivity index (χ0v) is 12.8. The lowest BCUT2D eigenvalue weighted by Gasteiger charge is -2.18. The van der Waals surface area contributed by atoms with Crippen molar-refractivity contribution in [3.63, 3.8) is 0 Å². The van der Waals surface area contributed by atoms with Crippen LogP contribution in [0.3, 0.4) is 0 Å². The highest BCUT2D eigenvalue weighted by Gasteiger charge is 2.13. The van der Waals surface area contributed by atoms with Crippen LogP contribution in [0.5, 0.6) is 0 Å². The molecule has 0 bridgehead atoms. The second-order valence-corrected chi connectivity index (χ2v) is 5.10. The van der Waals surface area contributed by atoms with Crippen LogP contribution in [0.1, 0.15) is 34.7 Å². The lowest BCUT2D eigenvalue weighted by Crippen LogP contribution is -2.30. The Morgan fingerprint density at radius 1 is 1.19 bits per heavy atom.